The molecule has 2 heterocycles. The van der Waals surface area contributed by atoms with Gasteiger partial charge in [0.15, 0.2) is 0 Å². The second kappa shape index (κ2) is 7.77. The smallest absolute Gasteiger partial charge is 0.307 e. The first-order valence-corrected chi connectivity index (χ1v) is 7.92. The average Bonchev–Trinajstić information content (AvgIpc) is 3.04. The van der Waals surface area contributed by atoms with Crippen molar-refractivity contribution in [3.8, 4) is 11.4 Å². The van der Waals surface area contributed by atoms with Gasteiger partial charge < -0.3 is 9.63 Å². The number of benzene rings is 1. The summed E-state index contributed by atoms with van der Waals surface area (Å²) in [6, 6.07) is 7.82. The fourth-order valence-corrected chi connectivity index (χ4v) is 3.05. The van der Waals surface area contributed by atoms with Crippen molar-refractivity contribution in [3.63, 3.8) is 0 Å². The number of hydrogen-bond acceptors (Lipinski definition) is 5. The molecule has 0 bridgehead atoms. The summed E-state index contributed by atoms with van der Waals surface area (Å²) >= 11 is 0. The second-order valence-electron chi connectivity index (χ2n) is 6.12. The van der Waals surface area contributed by atoms with E-state index in [1.165, 1.54) is 0 Å². The SMILES string of the molecule is Cc1ccccc1-c1noc(C(C)N2CCCC(C(=O)O)C2)n1.Cl. The molecule has 7 heteroatoms. The Morgan fingerprint density at radius 1 is 1.42 bits per heavy atom. The number of aryl methyl sites for hydroxylation is 1. The average molecular weight is 352 g/mol. The maximum absolute atomic E-state index is 11.2. The molecule has 2 aromatic rings. The van der Waals surface area contributed by atoms with Crippen LogP contribution in [0.15, 0.2) is 28.8 Å². The van der Waals surface area contributed by atoms with Gasteiger partial charge in [-0.3, -0.25) is 9.69 Å². The predicted octanol–water partition coefficient (Wildman–Crippen LogP) is 3.32. The van der Waals surface area contributed by atoms with Crippen LogP contribution in [0.25, 0.3) is 11.4 Å². The van der Waals surface area contributed by atoms with Gasteiger partial charge in [-0.1, -0.05) is 29.4 Å². The van der Waals surface area contributed by atoms with Crippen LogP contribution in [0.3, 0.4) is 0 Å². The van der Waals surface area contributed by atoms with Gasteiger partial charge in [-0.05, 0) is 38.8 Å². The number of carboxylic acid groups (broad SMARTS) is 1. The van der Waals surface area contributed by atoms with Crippen molar-refractivity contribution >= 4 is 18.4 Å². The molecule has 1 aliphatic heterocycles. The maximum atomic E-state index is 11.2. The first-order valence-electron chi connectivity index (χ1n) is 7.92. The quantitative estimate of drug-likeness (QED) is 0.910. The molecule has 6 nitrogen and oxygen atoms in total. The summed E-state index contributed by atoms with van der Waals surface area (Å²) < 4.78 is 5.43. The number of carboxylic acids is 1. The van der Waals surface area contributed by atoms with Crippen molar-refractivity contribution in [2.75, 3.05) is 13.1 Å². The third-order valence-corrected chi connectivity index (χ3v) is 4.53. The standard InChI is InChI=1S/C17H21N3O3.ClH/c1-11-6-3-4-8-14(11)15-18-16(23-19-15)12(2)20-9-5-7-13(10-20)17(21)22;/h3-4,6,8,12-13H,5,7,9-10H2,1-2H3,(H,21,22);1H. The van der Waals surface area contributed by atoms with Gasteiger partial charge in [0.2, 0.25) is 11.7 Å². The Balaban J connectivity index is 0.00000208. The third-order valence-electron chi connectivity index (χ3n) is 4.53. The number of likely N-dealkylation sites (tertiary alicyclic amines) is 1. The topological polar surface area (TPSA) is 79.5 Å². The fourth-order valence-electron chi connectivity index (χ4n) is 3.05. The summed E-state index contributed by atoms with van der Waals surface area (Å²) in [5.41, 5.74) is 2.05. The molecule has 0 radical (unpaired) electrons. The van der Waals surface area contributed by atoms with E-state index >= 15 is 0 Å². The number of hydrogen-bond donors (Lipinski definition) is 1. The van der Waals surface area contributed by atoms with Crippen LogP contribution < -0.4 is 0 Å². The van der Waals surface area contributed by atoms with Crippen molar-refractivity contribution in [2.45, 2.75) is 32.7 Å². The molecule has 0 spiro atoms. The molecule has 1 aliphatic rings. The Hall–Kier alpha value is -1.92. The Kier molecular flexibility index (Phi) is 5.96. The molecule has 130 valence electrons. The summed E-state index contributed by atoms with van der Waals surface area (Å²) in [6.07, 6.45) is 1.61. The van der Waals surface area contributed by atoms with Gasteiger partial charge in [0.25, 0.3) is 0 Å². The zero-order valence-electron chi connectivity index (χ0n) is 13.8. The molecule has 1 aromatic heterocycles. The maximum Gasteiger partial charge on any atom is 0.307 e. The lowest BCUT2D eigenvalue weighted by molar-refractivity contribution is -0.144. The second-order valence-corrected chi connectivity index (χ2v) is 6.12. The van der Waals surface area contributed by atoms with Gasteiger partial charge in [0.1, 0.15) is 0 Å². The van der Waals surface area contributed by atoms with E-state index in [1.54, 1.807) is 0 Å². The van der Waals surface area contributed by atoms with Crippen LogP contribution in [-0.4, -0.2) is 39.2 Å². The lowest BCUT2D eigenvalue weighted by Crippen LogP contribution is -2.40. The van der Waals surface area contributed by atoms with Crippen LogP contribution in [0.1, 0.15) is 37.3 Å². The van der Waals surface area contributed by atoms with Crippen LogP contribution in [0.2, 0.25) is 0 Å². The minimum Gasteiger partial charge on any atom is -0.481 e. The zero-order valence-corrected chi connectivity index (χ0v) is 14.6. The fraction of sp³-hybridized carbons (Fsp3) is 0.471. The van der Waals surface area contributed by atoms with Crippen molar-refractivity contribution in [1.82, 2.24) is 15.0 Å². The van der Waals surface area contributed by atoms with Gasteiger partial charge in [0, 0.05) is 12.1 Å². The molecular formula is C17H22ClN3O3. The Morgan fingerprint density at radius 2 is 2.17 bits per heavy atom. The zero-order chi connectivity index (χ0) is 16.4. The minimum atomic E-state index is -0.729. The molecule has 24 heavy (non-hydrogen) atoms. The number of aromatic nitrogens is 2. The molecule has 1 fully saturated rings. The van der Waals surface area contributed by atoms with Crippen molar-refractivity contribution < 1.29 is 14.4 Å². The Morgan fingerprint density at radius 3 is 2.88 bits per heavy atom. The van der Waals surface area contributed by atoms with Gasteiger partial charge in [-0.2, -0.15) is 4.98 Å². The highest BCUT2D eigenvalue weighted by molar-refractivity contribution is 5.85. The van der Waals surface area contributed by atoms with E-state index in [4.69, 9.17) is 4.52 Å². The molecule has 3 rings (SSSR count). The number of carbonyl (C=O) groups is 1. The number of rotatable bonds is 4. The normalized spacial score (nSPS) is 19.5. The number of nitrogens with zero attached hydrogens (tertiary/aromatic N) is 3. The van der Waals surface area contributed by atoms with E-state index in [0.29, 0.717) is 18.3 Å². The summed E-state index contributed by atoms with van der Waals surface area (Å²) in [5.74, 6) is 0.0732. The van der Waals surface area contributed by atoms with E-state index in [2.05, 4.69) is 15.0 Å². The first kappa shape index (κ1) is 18.4. The molecule has 0 aliphatic carbocycles. The van der Waals surface area contributed by atoms with Crippen LogP contribution in [0, 0.1) is 12.8 Å². The lowest BCUT2D eigenvalue weighted by atomic mass is 9.97. The van der Waals surface area contributed by atoms with Gasteiger partial charge >= 0.3 is 5.97 Å². The largest absolute Gasteiger partial charge is 0.481 e. The first-order chi connectivity index (χ1) is 11.1. The van der Waals surface area contributed by atoms with Crippen molar-refractivity contribution in [3.05, 3.63) is 35.7 Å². The van der Waals surface area contributed by atoms with E-state index in [0.717, 1.165) is 30.5 Å². The molecule has 1 saturated heterocycles. The summed E-state index contributed by atoms with van der Waals surface area (Å²) in [7, 11) is 0. The van der Waals surface area contributed by atoms with Crippen molar-refractivity contribution in [2.24, 2.45) is 5.92 Å². The van der Waals surface area contributed by atoms with Crippen LogP contribution >= 0.6 is 12.4 Å². The van der Waals surface area contributed by atoms with E-state index in [1.807, 2.05) is 38.1 Å². The molecule has 2 atom stereocenters. The van der Waals surface area contributed by atoms with Gasteiger partial charge in [0.05, 0.1) is 12.0 Å². The molecule has 0 saturated carbocycles. The van der Waals surface area contributed by atoms with E-state index < -0.39 is 5.97 Å². The third kappa shape index (κ3) is 3.76. The molecular weight excluding hydrogens is 330 g/mol. The summed E-state index contributed by atoms with van der Waals surface area (Å²) in [5, 5.41) is 13.3. The van der Waals surface area contributed by atoms with Crippen LogP contribution in [0.5, 0.6) is 0 Å². The highest BCUT2D eigenvalue weighted by atomic mass is 35.5. The molecule has 2 unspecified atom stereocenters. The van der Waals surface area contributed by atoms with Crippen LogP contribution in [0.4, 0.5) is 0 Å². The Bertz CT molecular complexity index is 704. The molecule has 1 aromatic carbocycles. The predicted molar refractivity (Wildman–Crippen MR) is 92.1 cm³/mol. The lowest BCUT2D eigenvalue weighted by Gasteiger charge is -2.33. The van der Waals surface area contributed by atoms with Crippen LogP contribution in [-0.2, 0) is 4.79 Å². The van der Waals surface area contributed by atoms with Gasteiger partial charge in [-0.25, -0.2) is 0 Å². The van der Waals surface area contributed by atoms with Crippen molar-refractivity contribution in [1.29, 1.82) is 0 Å². The summed E-state index contributed by atoms with van der Waals surface area (Å²) in [4.78, 5) is 17.8. The highest BCUT2D eigenvalue weighted by Gasteiger charge is 2.30. The van der Waals surface area contributed by atoms with E-state index in [9.17, 15) is 9.90 Å². The molecule has 0 amide bonds. The minimum absolute atomic E-state index is 0. The van der Waals surface area contributed by atoms with Gasteiger partial charge in [-0.15, -0.1) is 12.4 Å². The number of piperidine rings is 1. The van der Waals surface area contributed by atoms with E-state index in [-0.39, 0.29) is 24.4 Å². The highest BCUT2D eigenvalue weighted by Crippen LogP contribution is 2.28. The summed E-state index contributed by atoms with van der Waals surface area (Å²) in [6.45, 7) is 5.38. The number of halogens is 1. The monoisotopic (exact) mass is 351 g/mol. The number of aliphatic carboxylic acids is 1. The Labute approximate surface area is 147 Å². The molecule has 1 N–H and O–H groups in total.